The Bertz CT molecular complexity index is 550. The molecule has 1 aliphatic heterocycles. The predicted molar refractivity (Wildman–Crippen MR) is 75.2 cm³/mol. The van der Waals surface area contributed by atoms with Crippen molar-refractivity contribution >= 4 is 11.9 Å². The van der Waals surface area contributed by atoms with E-state index in [2.05, 4.69) is 9.88 Å². The van der Waals surface area contributed by atoms with Crippen LogP contribution >= 0.6 is 0 Å². The normalized spacial score (nSPS) is 20.2. The van der Waals surface area contributed by atoms with Crippen LogP contribution in [0.15, 0.2) is 0 Å². The van der Waals surface area contributed by atoms with Crippen molar-refractivity contribution in [3.05, 3.63) is 22.5 Å². The van der Waals surface area contributed by atoms with Gasteiger partial charge in [-0.2, -0.15) is 0 Å². The lowest BCUT2D eigenvalue weighted by Gasteiger charge is -2.38. The molecule has 2 rings (SSSR count). The lowest BCUT2D eigenvalue weighted by atomic mass is 10.1. The van der Waals surface area contributed by atoms with Gasteiger partial charge < -0.3 is 19.9 Å². The molecule has 1 unspecified atom stereocenters. The number of carboxylic acid groups (broad SMARTS) is 1. The summed E-state index contributed by atoms with van der Waals surface area (Å²) in [5, 5.41) is 9.12. The van der Waals surface area contributed by atoms with Gasteiger partial charge in [0.1, 0.15) is 5.69 Å². The van der Waals surface area contributed by atoms with Crippen LogP contribution in [-0.4, -0.2) is 64.5 Å². The quantitative estimate of drug-likeness (QED) is 0.850. The number of carbonyl (C=O) groups is 2. The lowest BCUT2D eigenvalue weighted by Crippen LogP contribution is -2.52. The molecule has 1 aromatic heterocycles. The molecular weight excluding hydrogens is 258 g/mol. The maximum Gasteiger partial charge on any atom is 0.352 e. The zero-order chi connectivity index (χ0) is 15.0. The molecule has 0 spiro atoms. The Balaban J connectivity index is 2.32. The van der Waals surface area contributed by atoms with Crippen LogP contribution in [0.4, 0.5) is 0 Å². The average Bonchev–Trinajstić information content (AvgIpc) is 2.64. The first-order valence-electron chi connectivity index (χ1n) is 6.75. The molecule has 0 radical (unpaired) electrons. The number of aryl methyl sites for hydroxylation is 1. The molecule has 1 aromatic rings. The summed E-state index contributed by atoms with van der Waals surface area (Å²) in [6.45, 7) is 7.78. The van der Waals surface area contributed by atoms with E-state index in [4.69, 9.17) is 5.11 Å². The van der Waals surface area contributed by atoms with E-state index in [0.717, 1.165) is 13.1 Å². The van der Waals surface area contributed by atoms with Crippen LogP contribution in [0, 0.1) is 13.8 Å². The minimum atomic E-state index is -1.03. The minimum absolute atomic E-state index is 0.0793. The molecule has 0 aliphatic carbocycles. The van der Waals surface area contributed by atoms with E-state index in [1.807, 2.05) is 18.9 Å². The van der Waals surface area contributed by atoms with Gasteiger partial charge in [-0.3, -0.25) is 4.79 Å². The van der Waals surface area contributed by atoms with Gasteiger partial charge in [-0.1, -0.05) is 0 Å². The van der Waals surface area contributed by atoms with Crippen molar-refractivity contribution in [3.8, 4) is 0 Å². The smallest absolute Gasteiger partial charge is 0.352 e. The number of aromatic amines is 1. The van der Waals surface area contributed by atoms with E-state index in [1.54, 1.807) is 13.8 Å². The van der Waals surface area contributed by atoms with Gasteiger partial charge in [0, 0.05) is 31.4 Å². The number of likely N-dealkylation sites (N-methyl/N-ethyl adjacent to an activating group) is 1. The second-order valence-electron chi connectivity index (χ2n) is 5.54. The highest BCUT2D eigenvalue weighted by Crippen LogP contribution is 2.22. The summed E-state index contributed by atoms with van der Waals surface area (Å²) in [6, 6.07) is 0.128. The van der Waals surface area contributed by atoms with Crippen molar-refractivity contribution in [3.63, 3.8) is 0 Å². The van der Waals surface area contributed by atoms with Crippen LogP contribution in [0.5, 0.6) is 0 Å². The van der Waals surface area contributed by atoms with Crippen LogP contribution in [0.2, 0.25) is 0 Å². The molecule has 2 heterocycles. The van der Waals surface area contributed by atoms with Gasteiger partial charge in [0.2, 0.25) is 0 Å². The number of aromatic carboxylic acids is 1. The third-order valence-electron chi connectivity index (χ3n) is 3.96. The second-order valence-corrected chi connectivity index (χ2v) is 5.54. The third-order valence-corrected chi connectivity index (χ3v) is 3.96. The average molecular weight is 279 g/mol. The minimum Gasteiger partial charge on any atom is -0.477 e. The number of hydrogen-bond acceptors (Lipinski definition) is 3. The number of rotatable bonds is 2. The topological polar surface area (TPSA) is 76.6 Å². The van der Waals surface area contributed by atoms with Crippen molar-refractivity contribution < 1.29 is 14.7 Å². The molecule has 110 valence electrons. The van der Waals surface area contributed by atoms with Gasteiger partial charge in [-0.25, -0.2) is 4.79 Å². The van der Waals surface area contributed by atoms with Crippen molar-refractivity contribution in [2.24, 2.45) is 0 Å². The maximum absolute atomic E-state index is 12.7. The Morgan fingerprint density at radius 1 is 1.30 bits per heavy atom. The van der Waals surface area contributed by atoms with Gasteiger partial charge in [-0.05, 0) is 33.4 Å². The third kappa shape index (κ3) is 2.43. The number of piperazine rings is 1. The van der Waals surface area contributed by atoms with Crippen LogP contribution in [-0.2, 0) is 0 Å². The number of carbonyl (C=O) groups excluding carboxylic acids is 1. The van der Waals surface area contributed by atoms with Gasteiger partial charge in [0.15, 0.2) is 0 Å². The number of amides is 1. The first-order chi connectivity index (χ1) is 9.32. The van der Waals surface area contributed by atoms with E-state index >= 15 is 0 Å². The fraction of sp³-hybridized carbons (Fsp3) is 0.571. The number of carboxylic acids is 1. The Kier molecular flexibility index (Phi) is 3.85. The molecule has 6 nitrogen and oxygen atoms in total. The van der Waals surface area contributed by atoms with Crippen LogP contribution in [0.1, 0.15) is 39.0 Å². The van der Waals surface area contributed by atoms with Crippen molar-refractivity contribution in [2.45, 2.75) is 26.8 Å². The summed E-state index contributed by atoms with van der Waals surface area (Å²) in [5.41, 5.74) is 1.74. The van der Waals surface area contributed by atoms with Crippen molar-refractivity contribution in [1.82, 2.24) is 14.8 Å². The van der Waals surface area contributed by atoms with Gasteiger partial charge >= 0.3 is 5.97 Å². The molecule has 20 heavy (non-hydrogen) atoms. The van der Waals surface area contributed by atoms with Crippen LogP contribution < -0.4 is 0 Å². The molecule has 1 atom stereocenters. The number of nitrogens with zero attached hydrogens (tertiary/aromatic N) is 2. The standard InChI is InChI=1S/C14H21N3O3/c1-8-7-16(4)5-6-17(8)13(18)11-9(2)12(14(19)20)15-10(11)3/h8,15H,5-7H2,1-4H3,(H,19,20). The van der Waals surface area contributed by atoms with E-state index in [9.17, 15) is 9.59 Å². The Hall–Kier alpha value is -1.82. The lowest BCUT2D eigenvalue weighted by molar-refractivity contribution is 0.0532. The fourth-order valence-corrected chi connectivity index (χ4v) is 2.87. The highest BCUT2D eigenvalue weighted by molar-refractivity contribution is 6.01. The molecule has 6 heteroatoms. The summed E-state index contributed by atoms with van der Waals surface area (Å²) >= 11 is 0. The first-order valence-corrected chi connectivity index (χ1v) is 6.75. The maximum atomic E-state index is 12.7. The zero-order valence-electron chi connectivity index (χ0n) is 12.4. The van der Waals surface area contributed by atoms with E-state index in [-0.39, 0.29) is 17.6 Å². The zero-order valence-corrected chi connectivity index (χ0v) is 12.4. The van der Waals surface area contributed by atoms with Gasteiger partial charge in [-0.15, -0.1) is 0 Å². The molecule has 0 saturated carbocycles. The largest absolute Gasteiger partial charge is 0.477 e. The summed E-state index contributed by atoms with van der Waals surface area (Å²) in [6.07, 6.45) is 0. The number of hydrogen-bond donors (Lipinski definition) is 2. The van der Waals surface area contributed by atoms with E-state index in [0.29, 0.717) is 23.4 Å². The monoisotopic (exact) mass is 279 g/mol. The van der Waals surface area contributed by atoms with Crippen LogP contribution in [0.3, 0.4) is 0 Å². The molecule has 1 fully saturated rings. The Labute approximate surface area is 118 Å². The van der Waals surface area contributed by atoms with E-state index in [1.165, 1.54) is 0 Å². The highest BCUT2D eigenvalue weighted by atomic mass is 16.4. The number of aromatic nitrogens is 1. The Morgan fingerprint density at radius 2 is 1.95 bits per heavy atom. The molecule has 1 aliphatic rings. The van der Waals surface area contributed by atoms with Gasteiger partial charge in [0.05, 0.1) is 5.56 Å². The van der Waals surface area contributed by atoms with Crippen molar-refractivity contribution in [2.75, 3.05) is 26.7 Å². The number of nitrogens with one attached hydrogen (secondary N) is 1. The number of H-pyrrole nitrogens is 1. The molecule has 1 saturated heterocycles. The fourth-order valence-electron chi connectivity index (χ4n) is 2.87. The highest BCUT2D eigenvalue weighted by Gasteiger charge is 2.30. The summed E-state index contributed by atoms with van der Waals surface area (Å²) in [7, 11) is 2.04. The summed E-state index contributed by atoms with van der Waals surface area (Å²) in [4.78, 5) is 30.6. The summed E-state index contributed by atoms with van der Waals surface area (Å²) in [5.74, 6) is -1.11. The molecule has 1 amide bonds. The Morgan fingerprint density at radius 3 is 2.45 bits per heavy atom. The van der Waals surface area contributed by atoms with Gasteiger partial charge in [0.25, 0.3) is 5.91 Å². The predicted octanol–water partition coefficient (Wildman–Crippen LogP) is 1.11. The first kappa shape index (κ1) is 14.6. The van der Waals surface area contributed by atoms with Crippen molar-refractivity contribution in [1.29, 1.82) is 0 Å². The molecule has 2 N–H and O–H groups in total. The second kappa shape index (κ2) is 5.28. The molecular formula is C14H21N3O3. The van der Waals surface area contributed by atoms with Crippen LogP contribution in [0.25, 0.3) is 0 Å². The molecule has 0 bridgehead atoms. The summed E-state index contributed by atoms with van der Waals surface area (Å²) < 4.78 is 0. The SMILES string of the molecule is Cc1[nH]c(C(=O)O)c(C)c1C(=O)N1CCN(C)CC1C. The van der Waals surface area contributed by atoms with E-state index < -0.39 is 5.97 Å². The molecule has 0 aromatic carbocycles.